The fraction of sp³-hybridized carbons (Fsp3) is 0.0588. The SMILES string of the molecule is O=c1cn[nH]c(=S)n1/N=C/c1ccc(OCc2cccc(Cl)c2)cc1. The maximum atomic E-state index is 11.6. The van der Waals surface area contributed by atoms with Crippen molar-refractivity contribution in [2.24, 2.45) is 5.10 Å². The highest BCUT2D eigenvalue weighted by Crippen LogP contribution is 2.15. The second-order valence-electron chi connectivity index (χ2n) is 5.06. The van der Waals surface area contributed by atoms with Crippen LogP contribution in [0.3, 0.4) is 0 Å². The van der Waals surface area contributed by atoms with Gasteiger partial charge in [0.2, 0.25) is 4.77 Å². The molecule has 25 heavy (non-hydrogen) atoms. The predicted octanol–water partition coefficient (Wildman–Crippen LogP) is 3.42. The number of ether oxygens (including phenoxy) is 1. The van der Waals surface area contributed by atoms with Gasteiger partial charge in [-0.15, -0.1) is 0 Å². The van der Waals surface area contributed by atoms with Crippen LogP contribution in [0, 0.1) is 4.77 Å². The van der Waals surface area contributed by atoms with E-state index in [0.717, 1.165) is 27.7 Å². The first-order chi connectivity index (χ1) is 12.1. The van der Waals surface area contributed by atoms with E-state index in [1.54, 1.807) is 0 Å². The average molecular weight is 373 g/mol. The number of aromatic amines is 1. The van der Waals surface area contributed by atoms with Gasteiger partial charge in [-0.05, 0) is 59.7 Å². The van der Waals surface area contributed by atoms with Crippen molar-refractivity contribution in [2.75, 3.05) is 0 Å². The fourth-order valence-corrected chi connectivity index (χ4v) is 2.42. The smallest absolute Gasteiger partial charge is 0.293 e. The Morgan fingerprint density at radius 3 is 2.80 bits per heavy atom. The molecule has 0 saturated carbocycles. The van der Waals surface area contributed by atoms with Crippen LogP contribution in [-0.4, -0.2) is 21.1 Å². The number of hydrogen-bond donors (Lipinski definition) is 1. The summed E-state index contributed by atoms with van der Waals surface area (Å²) in [4.78, 5) is 11.6. The van der Waals surface area contributed by atoms with E-state index in [2.05, 4.69) is 15.3 Å². The van der Waals surface area contributed by atoms with E-state index in [-0.39, 0.29) is 4.77 Å². The molecule has 0 spiro atoms. The van der Waals surface area contributed by atoms with Crippen LogP contribution in [0.15, 0.2) is 64.6 Å². The lowest BCUT2D eigenvalue weighted by molar-refractivity contribution is 0.306. The van der Waals surface area contributed by atoms with Crippen LogP contribution in [0.2, 0.25) is 5.02 Å². The highest BCUT2D eigenvalue weighted by molar-refractivity contribution is 7.71. The molecular weight excluding hydrogens is 360 g/mol. The molecule has 3 aromatic rings. The molecule has 0 radical (unpaired) electrons. The van der Waals surface area contributed by atoms with Gasteiger partial charge in [-0.2, -0.15) is 14.9 Å². The van der Waals surface area contributed by atoms with Gasteiger partial charge in [0.1, 0.15) is 18.6 Å². The average Bonchev–Trinajstić information content (AvgIpc) is 2.61. The summed E-state index contributed by atoms with van der Waals surface area (Å²) in [5.74, 6) is 0.718. The van der Waals surface area contributed by atoms with Crippen molar-refractivity contribution in [3.63, 3.8) is 0 Å². The normalized spacial score (nSPS) is 10.9. The summed E-state index contributed by atoms with van der Waals surface area (Å²) < 4.78 is 6.91. The number of halogens is 1. The highest BCUT2D eigenvalue weighted by Gasteiger charge is 1.98. The van der Waals surface area contributed by atoms with Crippen molar-refractivity contribution in [3.8, 4) is 5.75 Å². The van der Waals surface area contributed by atoms with E-state index in [1.807, 2.05) is 48.5 Å². The van der Waals surface area contributed by atoms with Crippen molar-refractivity contribution >= 4 is 30.0 Å². The second kappa shape index (κ2) is 7.87. The van der Waals surface area contributed by atoms with Gasteiger partial charge in [-0.25, -0.2) is 0 Å². The van der Waals surface area contributed by atoms with E-state index in [1.165, 1.54) is 6.21 Å². The molecule has 2 aromatic carbocycles. The third-order valence-corrected chi connectivity index (χ3v) is 3.73. The van der Waals surface area contributed by atoms with Crippen LogP contribution in [0.25, 0.3) is 0 Å². The Kier molecular flexibility index (Phi) is 5.37. The first-order valence-corrected chi connectivity index (χ1v) is 8.09. The Morgan fingerprint density at radius 1 is 1.28 bits per heavy atom. The van der Waals surface area contributed by atoms with Crippen molar-refractivity contribution < 1.29 is 4.74 Å². The minimum atomic E-state index is -0.401. The van der Waals surface area contributed by atoms with Gasteiger partial charge in [0.25, 0.3) is 5.56 Å². The van der Waals surface area contributed by atoms with E-state index < -0.39 is 5.56 Å². The van der Waals surface area contributed by atoms with Gasteiger partial charge in [-0.1, -0.05) is 23.7 Å². The number of hydrogen-bond acceptors (Lipinski definition) is 5. The molecule has 0 unspecified atom stereocenters. The minimum Gasteiger partial charge on any atom is -0.489 e. The number of nitrogens with zero attached hydrogens (tertiary/aromatic N) is 3. The van der Waals surface area contributed by atoms with Gasteiger partial charge in [0.15, 0.2) is 0 Å². The van der Waals surface area contributed by atoms with Crippen LogP contribution in [0.5, 0.6) is 5.75 Å². The van der Waals surface area contributed by atoms with E-state index in [0.29, 0.717) is 11.6 Å². The molecule has 3 rings (SSSR count). The summed E-state index contributed by atoms with van der Waals surface area (Å²) in [6.07, 6.45) is 2.64. The lowest BCUT2D eigenvalue weighted by Crippen LogP contribution is -2.18. The molecule has 0 aliphatic carbocycles. The van der Waals surface area contributed by atoms with Gasteiger partial charge >= 0.3 is 0 Å². The van der Waals surface area contributed by atoms with Crippen LogP contribution >= 0.6 is 23.8 Å². The first kappa shape index (κ1) is 17.1. The standard InChI is InChI=1S/C17H13ClN4O2S/c18-14-3-1-2-13(8-14)11-24-15-6-4-12(5-7-15)9-20-22-16(23)10-19-21-17(22)25/h1-10H,11H2,(H,21,25)/b20-9+. The zero-order valence-electron chi connectivity index (χ0n) is 12.9. The Morgan fingerprint density at radius 2 is 2.08 bits per heavy atom. The predicted molar refractivity (Wildman–Crippen MR) is 98.9 cm³/mol. The van der Waals surface area contributed by atoms with Crippen LogP contribution in [-0.2, 0) is 6.61 Å². The van der Waals surface area contributed by atoms with Crippen molar-refractivity contribution in [1.82, 2.24) is 14.9 Å². The summed E-state index contributed by atoms with van der Waals surface area (Å²) in [5, 5.41) is 10.8. The van der Waals surface area contributed by atoms with Crippen molar-refractivity contribution in [3.05, 3.63) is 86.0 Å². The topological polar surface area (TPSA) is 72.3 Å². The maximum Gasteiger partial charge on any atom is 0.293 e. The van der Waals surface area contributed by atoms with Gasteiger partial charge in [0.05, 0.1) is 6.21 Å². The molecule has 0 fully saturated rings. The zero-order chi connectivity index (χ0) is 17.6. The number of nitrogens with one attached hydrogen (secondary N) is 1. The fourth-order valence-electron chi connectivity index (χ4n) is 2.02. The molecule has 0 atom stereocenters. The molecule has 1 N–H and O–H groups in total. The number of rotatable bonds is 5. The van der Waals surface area contributed by atoms with Crippen LogP contribution < -0.4 is 10.3 Å². The molecule has 0 bridgehead atoms. The zero-order valence-corrected chi connectivity index (χ0v) is 14.5. The molecule has 0 aliphatic rings. The summed E-state index contributed by atoms with van der Waals surface area (Å²) in [7, 11) is 0. The largest absolute Gasteiger partial charge is 0.489 e. The lowest BCUT2D eigenvalue weighted by atomic mass is 10.2. The number of H-pyrrole nitrogens is 1. The summed E-state index contributed by atoms with van der Waals surface area (Å²) in [6.45, 7) is 0.426. The molecule has 126 valence electrons. The third-order valence-electron chi connectivity index (χ3n) is 3.23. The molecule has 1 aromatic heterocycles. The number of aromatic nitrogens is 3. The Hall–Kier alpha value is -2.77. The summed E-state index contributed by atoms with van der Waals surface area (Å²) in [6, 6.07) is 14.8. The maximum absolute atomic E-state index is 11.6. The second-order valence-corrected chi connectivity index (χ2v) is 5.88. The van der Waals surface area contributed by atoms with E-state index in [9.17, 15) is 4.79 Å². The first-order valence-electron chi connectivity index (χ1n) is 7.30. The summed E-state index contributed by atoms with van der Waals surface area (Å²) >= 11 is 10.9. The van der Waals surface area contributed by atoms with Crippen LogP contribution in [0.4, 0.5) is 0 Å². The van der Waals surface area contributed by atoms with Gasteiger partial charge in [-0.3, -0.25) is 9.89 Å². The molecular formula is C17H13ClN4O2S. The third kappa shape index (κ3) is 4.62. The Balaban J connectivity index is 1.67. The molecule has 1 heterocycles. The van der Waals surface area contributed by atoms with Crippen molar-refractivity contribution in [1.29, 1.82) is 0 Å². The van der Waals surface area contributed by atoms with Gasteiger partial charge in [0, 0.05) is 5.02 Å². The van der Waals surface area contributed by atoms with E-state index in [4.69, 9.17) is 28.6 Å². The van der Waals surface area contributed by atoms with Crippen LogP contribution in [0.1, 0.15) is 11.1 Å². The quantitative estimate of drug-likeness (QED) is 0.550. The minimum absolute atomic E-state index is 0.130. The highest BCUT2D eigenvalue weighted by atomic mass is 35.5. The molecule has 0 aliphatic heterocycles. The summed E-state index contributed by atoms with van der Waals surface area (Å²) in [5.41, 5.74) is 1.39. The molecule has 6 nitrogen and oxygen atoms in total. The molecule has 8 heteroatoms. The molecule has 0 saturated heterocycles. The lowest BCUT2D eigenvalue weighted by Gasteiger charge is -2.06. The Bertz CT molecular complexity index is 984. The number of benzene rings is 2. The van der Waals surface area contributed by atoms with Crippen molar-refractivity contribution in [2.45, 2.75) is 6.61 Å². The van der Waals surface area contributed by atoms with E-state index >= 15 is 0 Å². The monoisotopic (exact) mass is 372 g/mol. The Labute approximate surface area is 153 Å². The van der Waals surface area contributed by atoms with Gasteiger partial charge < -0.3 is 4.74 Å². The molecule has 0 amide bonds.